The Labute approximate surface area is 147 Å². The van der Waals surface area contributed by atoms with E-state index in [4.69, 9.17) is 10.5 Å². The smallest absolute Gasteiger partial charge is 0.249 e. The molecule has 2 atom stereocenters. The molecule has 1 saturated heterocycles. The summed E-state index contributed by atoms with van der Waals surface area (Å²) < 4.78 is 7.52. The summed E-state index contributed by atoms with van der Waals surface area (Å²) in [6.07, 6.45) is 5.11. The van der Waals surface area contributed by atoms with Gasteiger partial charge in [-0.05, 0) is 37.5 Å². The summed E-state index contributed by atoms with van der Waals surface area (Å²) in [6.45, 7) is 2.91. The molecule has 0 unspecified atom stereocenters. The van der Waals surface area contributed by atoms with E-state index in [-0.39, 0.29) is 42.9 Å². The van der Waals surface area contributed by atoms with Gasteiger partial charge in [-0.2, -0.15) is 0 Å². The number of carbonyl (C=O) groups is 1. The van der Waals surface area contributed by atoms with Crippen LogP contribution in [0.3, 0.4) is 0 Å². The number of hydrogen-bond donors (Lipinski definition) is 2. The molecule has 8 heteroatoms. The molecule has 128 valence electrons. The van der Waals surface area contributed by atoms with Crippen molar-refractivity contribution in [2.75, 3.05) is 6.54 Å². The second kappa shape index (κ2) is 8.49. The summed E-state index contributed by atoms with van der Waals surface area (Å²) in [5.41, 5.74) is 8.43. The molecule has 3 N–H and O–H groups in total. The zero-order valence-corrected chi connectivity index (χ0v) is 14.5. The number of pyridine rings is 1. The molecule has 0 bridgehead atoms. The number of nitrogens with zero attached hydrogens (tertiary/aromatic N) is 2. The zero-order chi connectivity index (χ0) is 14.8. The lowest BCUT2D eigenvalue weighted by molar-refractivity contribution is -0.132. The standard InChI is InChI=1S/C15H20N4O2.2ClH/c1-10-4-5-19-9-11(18-14(19)6-10)8-17-15(20)13-3-2-12(7-16)21-13;;/h4-6,9,12-13H,2-3,7-8,16H2,1H3,(H,17,20);2*1H/t12-,13+;;/m1../s1. The molecule has 23 heavy (non-hydrogen) atoms. The van der Waals surface area contributed by atoms with E-state index in [0.717, 1.165) is 29.7 Å². The molecule has 1 fully saturated rings. The first-order valence-corrected chi connectivity index (χ1v) is 7.23. The van der Waals surface area contributed by atoms with Gasteiger partial charge in [-0.3, -0.25) is 4.79 Å². The molecule has 3 rings (SSSR count). The highest BCUT2D eigenvalue weighted by Gasteiger charge is 2.29. The lowest BCUT2D eigenvalue weighted by Gasteiger charge is -2.11. The second-order valence-corrected chi connectivity index (χ2v) is 5.48. The summed E-state index contributed by atoms with van der Waals surface area (Å²) in [7, 11) is 0. The molecule has 1 aliphatic rings. The quantitative estimate of drug-likeness (QED) is 0.867. The number of amides is 1. The number of rotatable bonds is 4. The fraction of sp³-hybridized carbons (Fsp3) is 0.467. The largest absolute Gasteiger partial charge is 0.364 e. The first kappa shape index (κ1) is 19.7. The van der Waals surface area contributed by atoms with Gasteiger partial charge in [0.2, 0.25) is 5.91 Å². The SMILES string of the molecule is Cc1ccn2cc(CNC(=O)[C@@H]3CC[C@H](CN)O3)nc2c1.Cl.Cl. The molecule has 3 heterocycles. The number of carbonyl (C=O) groups excluding carboxylic acids is 1. The van der Waals surface area contributed by atoms with E-state index < -0.39 is 0 Å². The average Bonchev–Trinajstić information content (AvgIpc) is 3.10. The number of fused-ring (bicyclic) bond motifs is 1. The summed E-state index contributed by atoms with van der Waals surface area (Å²) >= 11 is 0. The Morgan fingerprint density at radius 3 is 2.96 bits per heavy atom. The number of ether oxygens (including phenoxy) is 1. The maximum atomic E-state index is 12.0. The Kier molecular flexibility index (Phi) is 7.28. The summed E-state index contributed by atoms with van der Waals surface area (Å²) in [6, 6.07) is 4.04. The van der Waals surface area contributed by atoms with E-state index >= 15 is 0 Å². The molecule has 0 radical (unpaired) electrons. The Balaban J connectivity index is 0.00000132. The van der Waals surface area contributed by atoms with Gasteiger partial charge in [-0.1, -0.05) is 0 Å². The third kappa shape index (κ3) is 4.57. The van der Waals surface area contributed by atoms with Crippen LogP contribution in [0.1, 0.15) is 24.1 Å². The highest BCUT2D eigenvalue weighted by Crippen LogP contribution is 2.19. The van der Waals surface area contributed by atoms with Gasteiger partial charge in [-0.25, -0.2) is 4.98 Å². The molecule has 6 nitrogen and oxygen atoms in total. The van der Waals surface area contributed by atoms with Crippen molar-refractivity contribution < 1.29 is 9.53 Å². The Bertz CT molecular complexity index is 662. The Morgan fingerprint density at radius 1 is 1.48 bits per heavy atom. The first-order valence-electron chi connectivity index (χ1n) is 7.23. The van der Waals surface area contributed by atoms with E-state index in [1.807, 2.05) is 35.9 Å². The maximum Gasteiger partial charge on any atom is 0.249 e. The number of aryl methyl sites for hydroxylation is 1. The van der Waals surface area contributed by atoms with Crippen LogP contribution in [0, 0.1) is 6.92 Å². The third-order valence-electron chi connectivity index (χ3n) is 3.77. The molecule has 2 aromatic rings. The van der Waals surface area contributed by atoms with Crippen molar-refractivity contribution in [1.29, 1.82) is 0 Å². The molecular formula is C15H22Cl2N4O2. The molecule has 0 saturated carbocycles. The lowest BCUT2D eigenvalue weighted by Crippen LogP contribution is -2.35. The van der Waals surface area contributed by atoms with E-state index in [1.54, 1.807) is 0 Å². The summed E-state index contributed by atoms with van der Waals surface area (Å²) in [5, 5.41) is 2.88. The van der Waals surface area contributed by atoms with Crippen molar-refractivity contribution in [3.05, 3.63) is 35.8 Å². The molecule has 0 spiro atoms. The van der Waals surface area contributed by atoms with Gasteiger partial charge in [0.1, 0.15) is 11.8 Å². The van der Waals surface area contributed by atoms with Crippen LogP contribution in [0.25, 0.3) is 5.65 Å². The second-order valence-electron chi connectivity index (χ2n) is 5.48. The van der Waals surface area contributed by atoms with Crippen molar-refractivity contribution in [2.24, 2.45) is 5.73 Å². The maximum absolute atomic E-state index is 12.0. The van der Waals surface area contributed by atoms with Crippen LogP contribution in [-0.2, 0) is 16.1 Å². The highest BCUT2D eigenvalue weighted by atomic mass is 35.5. The molecule has 2 aromatic heterocycles. The van der Waals surface area contributed by atoms with Crippen LogP contribution in [0.15, 0.2) is 24.5 Å². The minimum absolute atomic E-state index is 0. The van der Waals surface area contributed by atoms with Gasteiger partial charge < -0.3 is 20.2 Å². The van der Waals surface area contributed by atoms with E-state index in [2.05, 4.69) is 10.3 Å². The van der Waals surface area contributed by atoms with Gasteiger partial charge in [0.25, 0.3) is 0 Å². The number of hydrogen-bond acceptors (Lipinski definition) is 4. The molecular weight excluding hydrogens is 339 g/mol. The number of aromatic nitrogens is 2. The predicted octanol–water partition coefficient (Wildman–Crippen LogP) is 1.61. The van der Waals surface area contributed by atoms with Crippen LogP contribution < -0.4 is 11.1 Å². The van der Waals surface area contributed by atoms with E-state index in [1.165, 1.54) is 0 Å². The normalized spacial score (nSPS) is 19.9. The van der Waals surface area contributed by atoms with Gasteiger partial charge in [-0.15, -0.1) is 24.8 Å². The molecule has 1 aliphatic heterocycles. The Hall–Kier alpha value is -1.34. The summed E-state index contributed by atoms with van der Waals surface area (Å²) in [5.74, 6) is -0.0841. The number of nitrogens with two attached hydrogens (primary N) is 1. The van der Waals surface area contributed by atoms with Crippen molar-refractivity contribution >= 4 is 36.4 Å². The summed E-state index contributed by atoms with van der Waals surface area (Å²) in [4.78, 5) is 16.5. The monoisotopic (exact) mass is 360 g/mol. The topological polar surface area (TPSA) is 81.7 Å². The molecule has 0 aromatic carbocycles. The van der Waals surface area contributed by atoms with Gasteiger partial charge in [0.15, 0.2) is 0 Å². The van der Waals surface area contributed by atoms with Crippen LogP contribution in [-0.4, -0.2) is 34.0 Å². The van der Waals surface area contributed by atoms with Crippen molar-refractivity contribution in [2.45, 2.75) is 38.5 Å². The minimum atomic E-state index is -0.377. The van der Waals surface area contributed by atoms with Crippen molar-refractivity contribution in [3.63, 3.8) is 0 Å². The first-order chi connectivity index (χ1) is 10.2. The molecule has 0 aliphatic carbocycles. The number of halogens is 2. The van der Waals surface area contributed by atoms with Crippen LogP contribution >= 0.6 is 24.8 Å². The highest BCUT2D eigenvalue weighted by molar-refractivity contribution is 5.85. The van der Waals surface area contributed by atoms with Gasteiger partial charge >= 0.3 is 0 Å². The van der Waals surface area contributed by atoms with E-state index in [9.17, 15) is 4.79 Å². The van der Waals surface area contributed by atoms with Crippen molar-refractivity contribution in [1.82, 2.24) is 14.7 Å². The fourth-order valence-electron chi connectivity index (χ4n) is 2.58. The Morgan fingerprint density at radius 2 is 2.26 bits per heavy atom. The van der Waals surface area contributed by atoms with Crippen molar-refractivity contribution in [3.8, 4) is 0 Å². The third-order valence-corrected chi connectivity index (χ3v) is 3.77. The van der Waals surface area contributed by atoms with Gasteiger partial charge in [0.05, 0.1) is 18.3 Å². The van der Waals surface area contributed by atoms with Crippen LogP contribution in [0.5, 0.6) is 0 Å². The van der Waals surface area contributed by atoms with Crippen LogP contribution in [0.2, 0.25) is 0 Å². The lowest BCUT2D eigenvalue weighted by atomic mass is 10.2. The minimum Gasteiger partial charge on any atom is -0.364 e. The number of imidazole rings is 1. The van der Waals surface area contributed by atoms with E-state index in [0.29, 0.717) is 13.1 Å². The van der Waals surface area contributed by atoms with Crippen LogP contribution in [0.4, 0.5) is 0 Å². The molecule has 1 amide bonds. The zero-order valence-electron chi connectivity index (χ0n) is 12.9. The van der Waals surface area contributed by atoms with Gasteiger partial charge in [0, 0.05) is 18.9 Å². The fourth-order valence-corrected chi connectivity index (χ4v) is 2.58. The number of nitrogens with one attached hydrogen (secondary N) is 1. The average molecular weight is 361 g/mol. The predicted molar refractivity (Wildman–Crippen MR) is 93.2 cm³/mol.